The van der Waals surface area contributed by atoms with Crippen LogP contribution in [0.25, 0.3) is 0 Å². The lowest BCUT2D eigenvalue weighted by Crippen LogP contribution is -2.03. The molecule has 0 fully saturated rings. The summed E-state index contributed by atoms with van der Waals surface area (Å²) in [5.41, 5.74) is 3.14. The van der Waals surface area contributed by atoms with E-state index in [1.165, 1.54) is 7.11 Å². The molecule has 168 valence electrons. The monoisotopic (exact) mass is 489 g/mol. The summed E-state index contributed by atoms with van der Waals surface area (Å²) in [5, 5.41) is 3.76. The highest BCUT2D eigenvalue weighted by atomic mass is 79.9. The largest absolute Gasteiger partial charge is 0.493 e. The third kappa shape index (κ3) is 8.66. The van der Waals surface area contributed by atoms with Crippen molar-refractivity contribution in [3.05, 3.63) is 63.6 Å². The van der Waals surface area contributed by atoms with Crippen molar-refractivity contribution in [2.24, 2.45) is 5.16 Å². The number of hydrogen-bond acceptors (Lipinski definition) is 5. The normalized spacial score (nSPS) is 11.3. The molecule has 0 spiro atoms. The SMILES string of the molecule is C/C=C/COc1cc(C)c(OCCCCCOc2ccc(C=NOC)cc2Br)c(C)c1. The van der Waals surface area contributed by atoms with Crippen molar-refractivity contribution in [3.63, 3.8) is 0 Å². The number of hydrogen-bond donors (Lipinski definition) is 0. The van der Waals surface area contributed by atoms with Gasteiger partial charge in [-0.25, -0.2) is 0 Å². The summed E-state index contributed by atoms with van der Waals surface area (Å²) in [6.07, 6.45) is 8.62. The molecule has 0 aliphatic carbocycles. The summed E-state index contributed by atoms with van der Waals surface area (Å²) in [5.74, 6) is 2.66. The lowest BCUT2D eigenvalue weighted by molar-refractivity contribution is 0.215. The molecule has 2 aromatic carbocycles. The van der Waals surface area contributed by atoms with Gasteiger partial charge in [0.1, 0.15) is 31.0 Å². The third-order valence-corrected chi connectivity index (χ3v) is 5.19. The average Bonchev–Trinajstić information content (AvgIpc) is 2.74. The molecule has 0 aromatic heterocycles. The fraction of sp³-hybridized carbons (Fsp3) is 0.400. The molecule has 31 heavy (non-hydrogen) atoms. The maximum absolute atomic E-state index is 6.04. The van der Waals surface area contributed by atoms with Crippen molar-refractivity contribution in [2.75, 3.05) is 26.9 Å². The summed E-state index contributed by atoms with van der Waals surface area (Å²) in [6.45, 7) is 8.05. The minimum atomic E-state index is 0.584. The van der Waals surface area contributed by atoms with Gasteiger partial charge in [-0.1, -0.05) is 17.3 Å². The number of benzene rings is 2. The molecule has 0 bridgehead atoms. The van der Waals surface area contributed by atoms with E-state index < -0.39 is 0 Å². The second kappa shape index (κ2) is 13.8. The van der Waals surface area contributed by atoms with E-state index >= 15 is 0 Å². The molecule has 0 heterocycles. The molecule has 2 rings (SSSR count). The van der Waals surface area contributed by atoms with E-state index in [-0.39, 0.29) is 0 Å². The smallest absolute Gasteiger partial charge is 0.133 e. The first kappa shape index (κ1) is 24.8. The lowest BCUT2D eigenvalue weighted by Gasteiger charge is -2.14. The van der Waals surface area contributed by atoms with E-state index in [0.717, 1.165) is 57.7 Å². The molecular formula is C25H32BrNO4. The fourth-order valence-electron chi connectivity index (χ4n) is 3.03. The van der Waals surface area contributed by atoms with Gasteiger partial charge in [0.25, 0.3) is 0 Å². The molecule has 0 atom stereocenters. The minimum Gasteiger partial charge on any atom is -0.493 e. The number of ether oxygens (including phenoxy) is 3. The van der Waals surface area contributed by atoms with Gasteiger partial charge in [-0.3, -0.25) is 0 Å². The molecule has 0 amide bonds. The van der Waals surface area contributed by atoms with Gasteiger partial charge in [0.15, 0.2) is 0 Å². The highest BCUT2D eigenvalue weighted by Gasteiger charge is 2.07. The molecule has 0 saturated carbocycles. The second-order valence-corrected chi connectivity index (χ2v) is 7.99. The van der Waals surface area contributed by atoms with Crippen LogP contribution in [0.15, 0.2) is 52.1 Å². The highest BCUT2D eigenvalue weighted by Crippen LogP contribution is 2.29. The van der Waals surface area contributed by atoms with Gasteiger partial charge in [0.2, 0.25) is 0 Å². The van der Waals surface area contributed by atoms with Crippen LogP contribution >= 0.6 is 15.9 Å². The average molecular weight is 490 g/mol. The Balaban J connectivity index is 1.69. The molecule has 0 aliphatic rings. The number of unbranched alkanes of at least 4 members (excludes halogenated alkanes) is 2. The Morgan fingerprint density at radius 2 is 1.65 bits per heavy atom. The van der Waals surface area contributed by atoms with Gasteiger partial charge in [0.05, 0.1) is 23.9 Å². The Morgan fingerprint density at radius 1 is 0.935 bits per heavy atom. The Labute approximate surface area is 194 Å². The van der Waals surface area contributed by atoms with Crippen LogP contribution in [-0.4, -0.2) is 33.1 Å². The van der Waals surface area contributed by atoms with Crippen LogP contribution in [0.1, 0.15) is 42.9 Å². The zero-order valence-electron chi connectivity index (χ0n) is 18.8. The van der Waals surface area contributed by atoms with Crippen LogP contribution in [0, 0.1) is 13.8 Å². The summed E-state index contributed by atoms with van der Waals surface area (Å²) >= 11 is 3.54. The van der Waals surface area contributed by atoms with Crippen LogP contribution in [0.5, 0.6) is 17.2 Å². The van der Waals surface area contributed by atoms with Crippen LogP contribution in [0.3, 0.4) is 0 Å². The zero-order chi connectivity index (χ0) is 22.5. The zero-order valence-corrected chi connectivity index (χ0v) is 20.4. The first-order valence-corrected chi connectivity index (χ1v) is 11.3. The molecule has 0 radical (unpaired) electrons. The van der Waals surface area contributed by atoms with E-state index in [4.69, 9.17) is 19.0 Å². The Morgan fingerprint density at radius 3 is 2.29 bits per heavy atom. The number of halogens is 1. The van der Waals surface area contributed by atoms with Crippen LogP contribution < -0.4 is 14.2 Å². The fourth-order valence-corrected chi connectivity index (χ4v) is 3.54. The Hall–Kier alpha value is -2.47. The van der Waals surface area contributed by atoms with Gasteiger partial charge >= 0.3 is 0 Å². The van der Waals surface area contributed by atoms with Crippen molar-refractivity contribution in [1.82, 2.24) is 0 Å². The summed E-state index contributed by atoms with van der Waals surface area (Å²) in [4.78, 5) is 4.70. The van der Waals surface area contributed by atoms with Gasteiger partial charge in [0, 0.05) is 0 Å². The van der Waals surface area contributed by atoms with E-state index in [2.05, 4.69) is 34.9 Å². The van der Waals surface area contributed by atoms with E-state index in [1.54, 1.807) is 6.21 Å². The first-order valence-electron chi connectivity index (χ1n) is 10.5. The van der Waals surface area contributed by atoms with Crippen LogP contribution in [0.2, 0.25) is 0 Å². The molecule has 0 unspecified atom stereocenters. The lowest BCUT2D eigenvalue weighted by atomic mass is 10.1. The van der Waals surface area contributed by atoms with Gasteiger partial charge in [-0.2, -0.15) is 0 Å². The van der Waals surface area contributed by atoms with Crippen LogP contribution in [-0.2, 0) is 4.84 Å². The van der Waals surface area contributed by atoms with Gasteiger partial charge in [-0.15, -0.1) is 0 Å². The standard InChI is InChI=1S/C25H32BrNO4/c1-5-6-12-29-22-15-19(2)25(20(3)16-22)31-14-9-7-8-13-30-24-11-10-21(17-23(24)26)18-27-28-4/h5-6,10-11,15-18H,7-9,12-14H2,1-4H3/b6-5+,27-18?. The predicted molar refractivity (Wildman–Crippen MR) is 130 cm³/mol. The topological polar surface area (TPSA) is 49.3 Å². The van der Waals surface area contributed by atoms with E-state index in [0.29, 0.717) is 19.8 Å². The van der Waals surface area contributed by atoms with Crippen molar-refractivity contribution >= 4 is 22.1 Å². The molecule has 6 heteroatoms. The van der Waals surface area contributed by atoms with Crippen molar-refractivity contribution < 1.29 is 19.0 Å². The quantitative estimate of drug-likeness (QED) is 0.137. The van der Waals surface area contributed by atoms with Gasteiger partial charge in [-0.05, 0) is 103 Å². The summed E-state index contributed by atoms with van der Waals surface area (Å²) in [6, 6.07) is 9.89. The number of nitrogens with zero attached hydrogens (tertiary/aromatic N) is 1. The van der Waals surface area contributed by atoms with E-state index in [1.807, 2.05) is 49.4 Å². The number of aryl methyl sites for hydroxylation is 2. The summed E-state index contributed by atoms with van der Waals surface area (Å²) < 4.78 is 18.5. The summed E-state index contributed by atoms with van der Waals surface area (Å²) in [7, 11) is 1.52. The van der Waals surface area contributed by atoms with Gasteiger partial charge < -0.3 is 19.0 Å². The molecule has 0 aliphatic heterocycles. The van der Waals surface area contributed by atoms with E-state index in [9.17, 15) is 0 Å². The Bertz CT molecular complexity index is 857. The Kier molecular flexibility index (Phi) is 11.0. The molecule has 0 N–H and O–H groups in total. The predicted octanol–water partition coefficient (Wildman–Crippen LogP) is 6.63. The number of rotatable bonds is 13. The number of oxime groups is 1. The third-order valence-electron chi connectivity index (χ3n) is 4.57. The minimum absolute atomic E-state index is 0.584. The van der Waals surface area contributed by atoms with Crippen LogP contribution in [0.4, 0.5) is 0 Å². The van der Waals surface area contributed by atoms with Crippen molar-refractivity contribution in [1.29, 1.82) is 0 Å². The second-order valence-electron chi connectivity index (χ2n) is 7.13. The first-order chi connectivity index (χ1) is 15.0. The molecular weight excluding hydrogens is 458 g/mol. The highest BCUT2D eigenvalue weighted by molar-refractivity contribution is 9.10. The van der Waals surface area contributed by atoms with Crippen molar-refractivity contribution in [3.8, 4) is 17.2 Å². The molecule has 2 aromatic rings. The maximum atomic E-state index is 6.04. The van der Waals surface area contributed by atoms with Crippen molar-refractivity contribution in [2.45, 2.75) is 40.0 Å². The number of allylic oxidation sites excluding steroid dienone is 1. The molecule has 0 saturated heterocycles. The molecule has 5 nitrogen and oxygen atoms in total. The maximum Gasteiger partial charge on any atom is 0.133 e.